The van der Waals surface area contributed by atoms with Gasteiger partial charge in [0.05, 0.1) is 26.1 Å². The zero-order chi connectivity index (χ0) is 13.0. The van der Waals surface area contributed by atoms with Gasteiger partial charge >= 0.3 is 0 Å². The molecule has 2 aliphatic rings. The third kappa shape index (κ3) is 3.03. The fraction of sp³-hybridized carbons (Fsp3) is 0.929. The highest BCUT2D eigenvalue weighted by atomic mass is 16.5. The molecule has 0 aromatic heterocycles. The summed E-state index contributed by atoms with van der Waals surface area (Å²) in [4.78, 5) is 8.89. The smallest absolute Gasteiger partial charge is 0.293 e. The van der Waals surface area contributed by atoms with Crippen molar-refractivity contribution in [1.29, 1.82) is 0 Å². The van der Waals surface area contributed by atoms with Gasteiger partial charge in [-0.1, -0.05) is 13.8 Å². The largest absolute Gasteiger partial charge is 0.381 e. The number of nitrogens with zero attached hydrogens (tertiary/aromatic N) is 3. The van der Waals surface area contributed by atoms with Crippen molar-refractivity contribution in [2.24, 2.45) is 5.92 Å². The molecular weight excluding hydrogens is 226 g/mol. The normalized spacial score (nSPS) is 26.1. The minimum atomic E-state index is -0.262. The van der Waals surface area contributed by atoms with Crippen molar-refractivity contribution in [2.45, 2.75) is 32.4 Å². The molecule has 0 atom stereocenters. The Morgan fingerprint density at radius 2 is 1.78 bits per heavy atom. The molecule has 18 heavy (non-hydrogen) atoms. The average Bonchev–Trinajstić information content (AvgIpc) is 2.39. The Hall–Kier alpha value is -0.630. The summed E-state index contributed by atoms with van der Waals surface area (Å²) < 4.78 is 5.41. The fourth-order valence-corrected chi connectivity index (χ4v) is 3.06. The third-order valence-corrected chi connectivity index (χ3v) is 4.09. The predicted molar refractivity (Wildman–Crippen MR) is 72.2 cm³/mol. The summed E-state index contributed by atoms with van der Waals surface area (Å²) in [6, 6.07) is 0. The molecule has 2 heterocycles. The molecule has 0 aromatic rings. The van der Waals surface area contributed by atoms with Crippen LogP contribution in [0.25, 0.3) is 4.85 Å². The van der Waals surface area contributed by atoms with Crippen LogP contribution in [0.2, 0.25) is 0 Å². The number of rotatable bonds is 3. The molecule has 102 valence electrons. The van der Waals surface area contributed by atoms with Gasteiger partial charge in [-0.25, -0.2) is 11.5 Å². The van der Waals surface area contributed by atoms with E-state index in [2.05, 4.69) is 28.5 Å². The van der Waals surface area contributed by atoms with Crippen molar-refractivity contribution in [3.8, 4) is 0 Å². The first-order valence-electron chi connectivity index (χ1n) is 7.10. The molecular formula is C14H25N3O. The summed E-state index contributed by atoms with van der Waals surface area (Å²) >= 11 is 0. The van der Waals surface area contributed by atoms with Crippen LogP contribution in [0.1, 0.15) is 26.7 Å². The molecule has 0 bridgehead atoms. The summed E-state index contributed by atoms with van der Waals surface area (Å²) in [5, 5.41) is 0. The van der Waals surface area contributed by atoms with Crippen molar-refractivity contribution in [2.75, 3.05) is 45.9 Å². The van der Waals surface area contributed by atoms with Crippen LogP contribution in [0.5, 0.6) is 0 Å². The van der Waals surface area contributed by atoms with Gasteiger partial charge < -0.3 is 9.64 Å². The van der Waals surface area contributed by atoms with E-state index in [0.717, 1.165) is 58.2 Å². The predicted octanol–water partition coefficient (Wildman–Crippen LogP) is 1.69. The van der Waals surface area contributed by atoms with E-state index in [-0.39, 0.29) is 5.66 Å². The lowest BCUT2D eigenvalue weighted by atomic mass is 9.98. The minimum Gasteiger partial charge on any atom is -0.381 e. The van der Waals surface area contributed by atoms with Gasteiger partial charge in [-0.15, -0.1) is 0 Å². The first kappa shape index (κ1) is 13.8. The molecule has 0 spiro atoms. The van der Waals surface area contributed by atoms with E-state index in [9.17, 15) is 0 Å². The van der Waals surface area contributed by atoms with Crippen LogP contribution in [0, 0.1) is 12.5 Å². The average molecular weight is 251 g/mol. The minimum absolute atomic E-state index is 0.262. The Labute approximate surface area is 111 Å². The van der Waals surface area contributed by atoms with E-state index in [0.29, 0.717) is 0 Å². The van der Waals surface area contributed by atoms with Crippen molar-refractivity contribution >= 4 is 0 Å². The second-order valence-corrected chi connectivity index (χ2v) is 5.89. The van der Waals surface area contributed by atoms with E-state index in [1.54, 1.807) is 0 Å². The van der Waals surface area contributed by atoms with Crippen LogP contribution >= 0.6 is 0 Å². The quantitative estimate of drug-likeness (QED) is 0.712. The first-order chi connectivity index (χ1) is 8.66. The van der Waals surface area contributed by atoms with Gasteiger partial charge in [0.15, 0.2) is 0 Å². The summed E-state index contributed by atoms with van der Waals surface area (Å²) in [6.07, 6.45) is 1.75. The van der Waals surface area contributed by atoms with Gasteiger partial charge in [0.2, 0.25) is 0 Å². The van der Waals surface area contributed by atoms with Gasteiger partial charge in [-0.3, -0.25) is 4.85 Å². The molecule has 0 N–H and O–H groups in total. The topological polar surface area (TPSA) is 20.1 Å². The highest BCUT2D eigenvalue weighted by Crippen LogP contribution is 2.30. The number of ether oxygens (including phenoxy) is 1. The van der Waals surface area contributed by atoms with Crippen molar-refractivity contribution < 1.29 is 4.74 Å². The van der Waals surface area contributed by atoms with Crippen LogP contribution in [0.4, 0.5) is 0 Å². The van der Waals surface area contributed by atoms with E-state index in [1.807, 2.05) is 0 Å². The Bertz CT molecular complexity index is 297. The van der Waals surface area contributed by atoms with E-state index < -0.39 is 0 Å². The highest BCUT2D eigenvalue weighted by Gasteiger charge is 2.45. The molecule has 4 nitrogen and oxygen atoms in total. The Morgan fingerprint density at radius 1 is 1.17 bits per heavy atom. The van der Waals surface area contributed by atoms with Gasteiger partial charge in [-0.2, -0.15) is 0 Å². The molecule has 4 heteroatoms. The Morgan fingerprint density at radius 3 is 2.28 bits per heavy atom. The maximum atomic E-state index is 7.56. The third-order valence-electron chi connectivity index (χ3n) is 4.09. The summed E-state index contributed by atoms with van der Waals surface area (Å²) in [7, 11) is 0. The number of piperazine rings is 1. The van der Waals surface area contributed by atoms with Crippen LogP contribution in [-0.4, -0.2) is 61.4 Å². The molecule has 0 radical (unpaired) electrons. The van der Waals surface area contributed by atoms with Crippen molar-refractivity contribution in [3.05, 3.63) is 11.4 Å². The monoisotopic (exact) mass is 251 g/mol. The van der Waals surface area contributed by atoms with Crippen LogP contribution in [0.15, 0.2) is 0 Å². The second kappa shape index (κ2) is 6.01. The van der Waals surface area contributed by atoms with Gasteiger partial charge in [0.25, 0.3) is 5.66 Å². The summed E-state index contributed by atoms with van der Waals surface area (Å²) in [5.41, 5.74) is -0.262. The zero-order valence-electron chi connectivity index (χ0n) is 11.7. The standard InChI is InChI=1S/C14H25N3O/c1-13(2)12-16-6-8-17(9-7-16)14(15-3)4-10-18-11-5-14/h13H,4-12H2,1-2H3. The van der Waals surface area contributed by atoms with Gasteiger partial charge in [0, 0.05) is 32.7 Å². The molecule has 0 aromatic carbocycles. The number of hydrogen-bond donors (Lipinski definition) is 0. The van der Waals surface area contributed by atoms with Gasteiger partial charge in [0.1, 0.15) is 0 Å². The van der Waals surface area contributed by atoms with Crippen LogP contribution in [0.3, 0.4) is 0 Å². The molecule has 0 amide bonds. The van der Waals surface area contributed by atoms with Crippen molar-refractivity contribution in [1.82, 2.24) is 9.80 Å². The lowest BCUT2D eigenvalue weighted by Crippen LogP contribution is -2.57. The summed E-state index contributed by atoms with van der Waals surface area (Å²) in [5.74, 6) is 0.731. The first-order valence-corrected chi connectivity index (χ1v) is 7.10. The number of hydrogen-bond acceptors (Lipinski definition) is 3. The van der Waals surface area contributed by atoms with Crippen LogP contribution in [-0.2, 0) is 4.74 Å². The summed E-state index contributed by atoms with van der Waals surface area (Å²) in [6.45, 7) is 19.1. The maximum Gasteiger partial charge on any atom is 0.293 e. The maximum absolute atomic E-state index is 7.56. The lowest BCUT2D eigenvalue weighted by molar-refractivity contribution is -0.0252. The molecule has 0 saturated carbocycles. The molecule has 0 unspecified atom stereocenters. The molecule has 2 rings (SSSR count). The zero-order valence-corrected chi connectivity index (χ0v) is 11.7. The molecule has 2 aliphatic heterocycles. The molecule has 0 aliphatic carbocycles. The second-order valence-electron chi connectivity index (χ2n) is 5.89. The molecule has 2 fully saturated rings. The fourth-order valence-electron chi connectivity index (χ4n) is 3.06. The highest BCUT2D eigenvalue weighted by molar-refractivity contribution is 5.01. The van der Waals surface area contributed by atoms with E-state index in [1.165, 1.54) is 6.54 Å². The van der Waals surface area contributed by atoms with Crippen molar-refractivity contribution in [3.63, 3.8) is 0 Å². The Kier molecular flexibility index (Phi) is 4.60. The Balaban J connectivity index is 1.90. The SMILES string of the molecule is [C-]#[N+]C1(N2CCN(CC(C)C)CC2)CCOCC1. The lowest BCUT2D eigenvalue weighted by Gasteiger charge is -2.42. The van der Waals surface area contributed by atoms with E-state index >= 15 is 0 Å². The van der Waals surface area contributed by atoms with E-state index in [4.69, 9.17) is 11.3 Å². The van der Waals surface area contributed by atoms with Crippen LogP contribution < -0.4 is 0 Å². The van der Waals surface area contributed by atoms with Gasteiger partial charge in [-0.05, 0) is 5.92 Å². The molecule has 2 saturated heterocycles.